The van der Waals surface area contributed by atoms with Crippen LogP contribution in [0.5, 0.6) is 0 Å². The average molecular weight is 329 g/mol. The predicted molar refractivity (Wildman–Crippen MR) is 73.7 cm³/mol. The largest absolute Gasteiger partial charge is 0.467 e. The third kappa shape index (κ3) is 2.76. The molecule has 0 fully saturated rings. The average Bonchev–Trinajstić information content (AvgIpc) is 2.84. The molecule has 2 aromatic rings. The van der Waals surface area contributed by atoms with Gasteiger partial charge in [-0.25, -0.2) is 0 Å². The lowest BCUT2D eigenvalue weighted by Gasteiger charge is -2.16. The molecule has 1 heterocycles. The fourth-order valence-corrected chi connectivity index (χ4v) is 2.16. The van der Waals surface area contributed by atoms with Crippen LogP contribution in [0.4, 0.5) is 0 Å². The van der Waals surface area contributed by atoms with Gasteiger partial charge in [0.15, 0.2) is 0 Å². The predicted octanol–water partition coefficient (Wildman–Crippen LogP) is 3.97. The normalized spacial score (nSPS) is 10.4. The summed E-state index contributed by atoms with van der Waals surface area (Å²) in [5, 5.41) is 0.425. The molecule has 0 atom stereocenters. The lowest BCUT2D eigenvalue weighted by Crippen LogP contribution is -2.26. The van der Waals surface area contributed by atoms with Crippen molar-refractivity contribution >= 4 is 33.4 Å². The highest BCUT2D eigenvalue weighted by atomic mass is 79.9. The number of benzene rings is 1. The standard InChI is InChI=1S/C13H11BrClNO2/c1-16(8-9-4-3-7-18-9)13(17)10-5-2-6-11(14)12(10)15/h2-7H,8H2,1H3. The number of carbonyl (C=O) groups excluding carboxylic acids is 1. The molecule has 1 amide bonds. The Bertz CT molecular complexity index is 554. The van der Waals surface area contributed by atoms with Crippen molar-refractivity contribution in [3.63, 3.8) is 0 Å². The first-order chi connectivity index (χ1) is 8.59. The Labute approximate surface area is 118 Å². The molecule has 0 radical (unpaired) electrons. The fraction of sp³-hybridized carbons (Fsp3) is 0.154. The van der Waals surface area contributed by atoms with E-state index in [1.54, 1.807) is 42.5 Å². The van der Waals surface area contributed by atoms with Gasteiger partial charge in [-0.2, -0.15) is 0 Å². The van der Waals surface area contributed by atoms with Crippen LogP contribution in [-0.4, -0.2) is 17.9 Å². The van der Waals surface area contributed by atoms with Gasteiger partial charge in [-0.05, 0) is 40.2 Å². The molecule has 0 spiro atoms. The van der Waals surface area contributed by atoms with E-state index in [-0.39, 0.29) is 5.91 Å². The first-order valence-electron chi connectivity index (χ1n) is 5.31. The maximum absolute atomic E-state index is 12.2. The molecule has 0 aliphatic rings. The van der Waals surface area contributed by atoms with E-state index in [1.165, 1.54) is 0 Å². The van der Waals surface area contributed by atoms with Crippen molar-refractivity contribution in [3.8, 4) is 0 Å². The van der Waals surface area contributed by atoms with Gasteiger partial charge < -0.3 is 9.32 Å². The Kier molecular flexibility index (Phi) is 4.09. The molecule has 5 heteroatoms. The number of furan rings is 1. The lowest BCUT2D eigenvalue weighted by atomic mass is 10.2. The van der Waals surface area contributed by atoms with Crippen LogP contribution in [0.3, 0.4) is 0 Å². The molecule has 0 saturated heterocycles. The van der Waals surface area contributed by atoms with Crippen LogP contribution in [-0.2, 0) is 6.54 Å². The first-order valence-corrected chi connectivity index (χ1v) is 6.48. The Morgan fingerprint density at radius 2 is 2.17 bits per heavy atom. The van der Waals surface area contributed by atoms with Crippen molar-refractivity contribution in [3.05, 3.63) is 57.4 Å². The fourth-order valence-electron chi connectivity index (χ4n) is 1.58. The van der Waals surface area contributed by atoms with Crippen LogP contribution in [0.15, 0.2) is 45.5 Å². The van der Waals surface area contributed by atoms with Crippen molar-refractivity contribution < 1.29 is 9.21 Å². The molecule has 0 unspecified atom stereocenters. The Morgan fingerprint density at radius 1 is 1.39 bits per heavy atom. The van der Waals surface area contributed by atoms with Gasteiger partial charge in [-0.15, -0.1) is 0 Å². The number of nitrogens with zero attached hydrogens (tertiary/aromatic N) is 1. The summed E-state index contributed by atoms with van der Waals surface area (Å²) >= 11 is 9.40. The summed E-state index contributed by atoms with van der Waals surface area (Å²) < 4.78 is 5.92. The Hall–Kier alpha value is -1.26. The molecule has 94 valence electrons. The van der Waals surface area contributed by atoms with Crippen molar-refractivity contribution in [2.75, 3.05) is 7.05 Å². The maximum atomic E-state index is 12.2. The van der Waals surface area contributed by atoms with Gasteiger partial charge in [0.05, 0.1) is 23.4 Å². The van der Waals surface area contributed by atoms with Gasteiger partial charge in [0.2, 0.25) is 0 Å². The van der Waals surface area contributed by atoms with E-state index in [0.29, 0.717) is 21.6 Å². The minimum Gasteiger partial charge on any atom is -0.467 e. The topological polar surface area (TPSA) is 33.5 Å². The van der Waals surface area contributed by atoms with E-state index in [1.807, 2.05) is 6.07 Å². The lowest BCUT2D eigenvalue weighted by molar-refractivity contribution is 0.0775. The van der Waals surface area contributed by atoms with E-state index in [2.05, 4.69) is 15.9 Å². The zero-order valence-electron chi connectivity index (χ0n) is 9.69. The van der Waals surface area contributed by atoms with Crippen LogP contribution >= 0.6 is 27.5 Å². The molecule has 0 N–H and O–H groups in total. The molecule has 18 heavy (non-hydrogen) atoms. The van der Waals surface area contributed by atoms with E-state index < -0.39 is 0 Å². The summed E-state index contributed by atoms with van der Waals surface area (Å²) in [5.41, 5.74) is 0.472. The monoisotopic (exact) mass is 327 g/mol. The van der Waals surface area contributed by atoms with Crippen LogP contribution in [0.2, 0.25) is 5.02 Å². The number of carbonyl (C=O) groups is 1. The third-order valence-corrected chi connectivity index (χ3v) is 3.80. The molecule has 2 rings (SSSR count). The number of halogens is 2. The summed E-state index contributed by atoms with van der Waals surface area (Å²) in [5.74, 6) is 0.592. The summed E-state index contributed by atoms with van der Waals surface area (Å²) in [7, 11) is 1.71. The summed E-state index contributed by atoms with van der Waals surface area (Å²) in [4.78, 5) is 13.8. The van der Waals surface area contributed by atoms with Gasteiger partial charge in [0, 0.05) is 11.5 Å². The van der Waals surface area contributed by atoms with Crippen molar-refractivity contribution in [2.45, 2.75) is 6.54 Å². The van der Waals surface area contributed by atoms with Crippen LogP contribution in [0.25, 0.3) is 0 Å². The van der Waals surface area contributed by atoms with Crippen molar-refractivity contribution in [2.24, 2.45) is 0 Å². The van der Waals surface area contributed by atoms with Crippen LogP contribution in [0, 0.1) is 0 Å². The van der Waals surface area contributed by atoms with Crippen LogP contribution < -0.4 is 0 Å². The second-order valence-electron chi connectivity index (χ2n) is 3.84. The highest BCUT2D eigenvalue weighted by molar-refractivity contribution is 9.10. The minimum absolute atomic E-state index is 0.141. The van der Waals surface area contributed by atoms with E-state index in [0.717, 1.165) is 5.76 Å². The maximum Gasteiger partial charge on any atom is 0.255 e. The molecule has 1 aromatic heterocycles. The highest BCUT2D eigenvalue weighted by Gasteiger charge is 2.17. The number of rotatable bonds is 3. The molecule has 1 aromatic carbocycles. The van der Waals surface area contributed by atoms with E-state index in [9.17, 15) is 4.79 Å². The highest BCUT2D eigenvalue weighted by Crippen LogP contribution is 2.27. The van der Waals surface area contributed by atoms with Gasteiger partial charge in [0.1, 0.15) is 5.76 Å². The van der Waals surface area contributed by atoms with Gasteiger partial charge in [-0.1, -0.05) is 17.7 Å². The van der Waals surface area contributed by atoms with Crippen molar-refractivity contribution in [1.29, 1.82) is 0 Å². The Morgan fingerprint density at radius 3 is 2.83 bits per heavy atom. The molecule has 0 bridgehead atoms. The third-order valence-electron chi connectivity index (χ3n) is 2.50. The SMILES string of the molecule is CN(Cc1ccco1)C(=O)c1cccc(Br)c1Cl. The summed E-state index contributed by atoms with van der Waals surface area (Å²) in [6.45, 7) is 0.411. The van der Waals surface area contributed by atoms with Crippen LogP contribution in [0.1, 0.15) is 16.1 Å². The first kappa shape index (κ1) is 13.2. The molecule has 0 aliphatic heterocycles. The van der Waals surface area contributed by atoms with E-state index in [4.69, 9.17) is 16.0 Å². The molecule has 0 aliphatic carbocycles. The zero-order valence-corrected chi connectivity index (χ0v) is 12.0. The zero-order chi connectivity index (χ0) is 13.1. The Balaban J connectivity index is 2.18. The quantitative estimate of drug-likeness (QED) is 0.854. The second-order valence-corrected chi connectivity index (χ2v) is 5.07. The smallest absolute Gasteiger partial charge is 0.255 e. The van der Waals surface area contributed by atoms with Gasteiger partial charge in [0.25, 0.3) is 5.91 Å². The number of hydrogen-bond acceptors (Lipinski definition) is 2. The molecule has 3 nitrogen and oxygen atoms in total. The summed E-state index contributed by atoms with van der Waals surface area (Å²) in [6, 6.07) is 8.90. The van der Waals surface area contributed by atoms with E-state index >= 15 is 0 Å². The number of amides is 1. The second kappa shape index (κ2) is 5.59. The van der Waals surface area contributed by atoms with Gasteiger partial charge in [-0.3, -0.25) is 4.79 Å². The summed E-state index contributed by atoms with van der Waals surface area (Å²) in [6.07, 6.45) is 1.58. The van der Waals surface area contributed by atoms with Gasteiger partial charge >= 0.3 is 0 Å². The molecule has 0 saturated carbocycles. The molecular weight excluding hydrogens is 318 g/mol. The number of hydrogen-bond donors (Lipinski definition) is 0. The minimum atomic E-state index is -0.141. The van der Waals surface area contributed by atoms with Crippen molar-refractivity contribution in [1.82, 2.24) is 4.90 Å². The molecular formula is C13H11BrClNO2.